The molecule has 6 nitrogen and oxygen atoms in total. The molecule has 84 valence electrons. The number of aromatic nitrogens is 2. The summed E-state index contributed by atoms with van der Waals surface area (Å²) in [6, 6.07) is -0.740. The molecule has 1 atom stereocenters. The molecule has 0 spiro atoms. The minimum absolute atomic E-state index is 0.204. The number of hydrogen-bond acceptors (Lipinski definition) is 5. The number of carbonyl (C=O) groups is 1. The zero-order valence-electron chi connectivity index (χ0n) is 9.24. The van der Waals surface area contributed by atoms with Gasteiger partial charge in [-0.25, -0.2) is 0 Å². The van der Waals surface area contributed by atoms with E-state index >= 15 is 0 Å². The standard InChI is InChI=1S/C9H15N3O3/c1-5(6(13)14)10-8-11-7(15-12-8)9(2,3)4/h5H,1-4H3,(H,10,12)(H,13,14)/t5-/m1/s1. The lowest BCUT2D eigenvalue weighted by molar-refractivity contribution is -0.137. The van der Waals surface area contributed by atoms with Crippen LogP contribution in [0.25, 0.3) is 0 Å². The molecular formula is C9H15N3O3. The zero-order valence-corrected chi connectivity index (χ0v) is 9.24. The smallest absolute Gasteiger partial charge is 0.325 e. The number of nitrogens with zero attached hydrogens (tertiary/aromatic N) is 2. The molecule has 0 aromatic carbocycles. The summed E-state index contributed by atoms with van der Waals surface area (Å²) in [6.45, 7) is 7.32. The maximum absolute atomic E-state index is 10.6. The molecule has 6 heteroatoms. The molecule has 1 aromatic heterocycles. The lowest BCUT2D eigenvalue weighted by atomic mass is 9.97. The van der Waals surface area contributed by atoms with E-state index in [9.17, 15) is 4.79 Å². The third-order valence-corrected chi connectivity index (χ3v) is 1.78. The molecule has 0 saturated heterocycles. The van der Waals surface area contributed by atoms with Gasteiger partial charge in [0.25, 0.3) is 5.95 Å². The number of nitrogens with one attached hydrogen (secondary N) is 1. The first-order valence-electron chi connectivity index (χ1n) is 4.64. The average molecular weight is 213 g/mol. The molecule has 0 aliphatic heterocycles. The fourth-order valence-electron chi connectivity index (χ4n) is 0.842. The molecule has 2 N–H and O–H groups in total. The highest BCUT2D eigenvalue weighted by atomic mass is 16.5. The van der Waals surface area contributed by atoms with Crippen LogP contribution < -0.4 is 5.32 Å². The molecule has 0 saturated carbocycles. The lowest BCUT2D eigenvalue weighted by Crippen LogP contribution is -2.26. The van der Waals surface area contributed by atoms with Crippen molar-refractivity contribution in [3.8, 4) is 0 Å². The molecule has 0 amide bonds. The van der Waals surface area contributed by atoms with Gasteiger partial charge in [-0.3, -0.25) is 4.79 Å². The number of anilines is 1. The molecular weight excluding hydrogens is 198 g/mol. The normalized spacial score (nSPS) is 13.6. The summed E-state index contributed by atoms with van der Waals surface area (Å²) >= 11 is 0. The SMILES string of the molecule is C[C@@H](Nc1noc(C(C)(C)C)n1)C(=O)O. The van der Waals surface area contributed by atoms with Crippen molar-refractivity contribution in [2.24, 2.45) is 0 Å². The van der Waals surface area contributed by atoms with Crippen LogP contribution in [0.15, 0.2) is 4.52 Å². The highest BCUT2D eigenvalue weighted by molar-refractivity contribution is 5.75. The van der Waals surface area contributed by atoms with Gasteiger partial charge < -0.3 is 14.9 Å². The van der Waals surface area contributed by atoms with Crippen LogP contribution in [0.1, 0.15) is 33.6 Å². The Morgan fingerprint density at radius 3 is 2.53 bits per heavy atom. The first-order chi connectivity index (χ1) is 6.80. The summed E-state index contributed by atoms with van der Waals surface area (Å²) in [5, 5.41) is 14.9. The topological polar surface area (TPSA) is 88.3 Å². The van der Waals surface area contributed by atoms with Gasteiger partial charge in [0.15, 0.2) is 0 Å². The van der Waals surface area contributed by atoms with E-state index in [1.165, 1.54) is 6.92 Å². The Labute approximate surface area is 87.7 Å². The van der Waals surface area contributed by atoms with Crippen molar-refractivity contribution >= 4 is 11.9 Å². The molecule has 1 aromatic rings. The predicted molar refractivity (Wildman–Crippen MR) is 53.7 cm³/mol. The third kappa shape index (κ3) is 2.93. The largest absolute Gasteiger partial charge is 0.480 e. The minimum Gasteiger partial charge on any atom is -0.480 e. The van der Waals surface area contributed by atoms with E-state index in [0.29, 0.717) is 5.89 Å². The first-order valence-corrected chi connectivity index (χ1v) is 4.64. The van der Waals surface area contributed by atoms with E-state index in [1.54, 1.807) is 0 Å². The van der Waals surface area contributed by atoms with Crippen molar-refractivity contribution in [1.29, 1.82) is 0 Å². The fourth-order valence-corrected chi connectivity index (χ4v) is 0.842. The summed E-state index contributed by atoms with van der Waals surface area (Å²) in [5.74, 6) is -0.283. The fraction of sp³-hybridized carbons (Fsp3) is 0.667. The molecule has 0 bridgehead atoms. The maximum atomic E-state index is 10.6. The van der Waals surface area contributed by atoms with Crippen LogP contribution >= 0.6 is 0 Å². The summed E-state index contributed by atoms with van der Waals surface area (Å²) in [7, 11) is 0. The number of rotatable bonds is 3. The Hall–Kier alpha value is -1.59. The molecule has 15 heavy (non-hydrogen) atoms. The van der Waals surface area contributed by atoms with Gasteiger partial charge in [0, 0.05) is 5.41 Å². The number of aliphatic carboxylic acids is 1. The van der Waals surface area contributed by atoms with Gasteiger partial charge in [-0.1, -0.05) is 20.8 Å². The Kier molecular flexibility index (Phi) is 2.97. The third-order valence-electron chi connectivity index (χ3n) is 1.78. The summed E-state index contributed by atoms with van der Waals surface area (Å²) in [5.41, 5.74) is -0.237. The van der Waals surface area contributed by atoms with Gasteiger partial charge in [-0.2, -0.15) is 4.98 Å². The highest BCUT2D eigenvalue weighted by Gasteiger charge is 2.22. The van der Waals surface area contributed by atoms with E-state index < -0.39 is 12.0 Å². The van der Waals surface area contributed by atoms with Gasteiger partial charge in [0.05, 0.1) is 0 Å². The van der Waals surface area contributed by atoms with E-state index in [2.05, 4.69) is 15.5 Å². The highest BCUT2D eigenvalue weighted by Crippen LogP contribution is 2.20. The molecule has 0 unspecified atom stereocenters. The van der Waals surface area contributed by atoms with E-state index in [4.69, 9.17) is 9.63 Å². The Morgan fingerprint density at radius 2 is 2.13 bits per heavy atom. The van der Waals surface area contributed by atoms with Crippen molar-refractivity contribution in [1.82, 2.24) is 10.1 Å². The Balaban J connectivity index is 2.73. The van der Waals surface area contributed by atoms with E-state index in [1.807, 2.05) is 20.8 Å². The van der Waals surface area contributed by atoms with Gasteiger partial charge in [-0.05, 0) is 12.1 Å². The van der Waals surface area contributed by atoms with Crippen LogP contribution in [-0.4, -0.2) is 27.3 Å². The lowest BCUT2D eigenvalue weighted by Gasteiger charge is -2.10. The Morgan fingerprint density at radius 1 is 1.53 bits per heavy atom. The summed E-state index contributed by atoms with van der Waals surface area (Å²) < 4.78 is 4.99. The van der Waals surface area contributed by atoms with Crippen LogP contribution in [-0.2, 0) is 10.2 Å². The second kappa shape index (κ2) is 3.88. The predicted octanol–water partition coefficient (Wildman–Crippen LogP) is 1.25. The minimum atomic E-state index is -0.961. The van der Waals surface area contributed by atoms with Gasteiger partial charge in [-0.15, -0.1) is 0 Å². The molecule has 0 radical (unpaired) electrons. The zero-order chi connectivity index (χ0) is 11.6. The van der Waals surface area contributed by atoms with Gasteiger partial charge in [0.1, 0.15) is 6.04 Å². The van der Waals surface area contributed by atoms with Crippen LogP contribution in [0.4, 0.5) is 5.95 Å². The quantitative estimate of drug-likeness (QED) is 0.785. The van der Waals surface area contributed by atoms with Crippen LogP contribution in [0.5, 0.6) is 0 Å². The molecule has 1 heterocycles. The Bertz CT molecular complexity index is 354. The molecule has 0 fully saturated rings. The van der Waals surface area contributed by atoms with Gasteiger partial charge >= 0.3 is 5.97 Å². The van der Waals surface area contributed by atoms with Gasteiger partial charge in [0.2, 0.25) is 5.89 Å². The summed E-state index contributed by atoms with van der Waals surface area (Å²) in [4.78, 5) is 14.6. The van der Waals surface area contributed by atoms with Crippen molar-refractivity contribution < 1.29 is 14.4 Å². The van der Waals surface area contributed by atoms with Crippen LogP contribution in [0, 0.1) is 0 Å². The van der Waals surface area contributed by atoms with Crippen molar-refractivity contribution in [3.63, 3.8) is 0 Å². The maximum Gasteiger partial charge on any atom is 0.325 e. The summed E-state index contributed by atoms with van der Waals surface area (Å²) in [6.07, 6.45) is 0. The van der Waals surface area contributed by atoms with Crippen LogP contribution in [0.2, 0.25) is 0 Å². The van der Waals surface area contributed by atoms with E-state index in [0.717, 1.165) is 0 Å². The van der Waals surface area contributed by atoms with Crippen LogP contribution in [0.3, 0.4) is 0 Å². The average Bonchev–Trinajstić information content (AvgIpc) is 2.51. The number of carboxylic acids is 1. The second-order valence-corrected chi connectivity index (χ2v) is 4.38. The van der Waals surface area contributed by atoms with E-state index in [-0.39, 0.29) is 11.4 Å². The van der Waals surface area contributed by atoms with Crippen molar-refractivity contribution in [3.05, 3.63) is 5.89 Å². The first kappa shape index (κ1) is 11.5. The second-order valence-electron chi connectivity index (χ2n) is 4.38. The monoisotopic (exact) mass is 213 g/mol. The van der Waals surface area contributed by atoms with Crippen molar-refractivity contribution in [2.45, 2.75) is 39.2 Å². The number of hydrogen-bond donors (Lipinski definition) is 2. The number of carboxylic acid groups (broad SMARTS) is 1. The molecule has 0 aliphatic carbocycles. The van der Waals surface area contributed by atoms with Crippen molar-refractivity contribution in [2.75, 3.05) is 5.32 Å². The molecule has 1 rings (SSSR count). The molecule has 0 aliphatic rings.